The summed E-state index contributed by atoms with van der Waals surface area (Å²) in [4.78, 5) is 11.9. The maximum absolute atomic E-state index is 11.9. The van der Waals surface area contributed by atoms with Crippen molar-refractivity contribution < 1.29 is 4.79 Å². The fourth-order valence-electron chi connectivity index (χ4n) is 1.44. The maximum atomic E-state index is 11.9. The minimum atomic E-state index is -0.131. The molecule has 0 aromatic heterocycles. The summed E-state index contributed by atoms with van der Waals surface area (Å²) in [6.45, 7) is 3.89. The summed E-state index contributed by atoms with van der Waals surface area (Å²) in [6, 6.07) is 5.29. The Balaban J connectivity index is 2.76. The summed E-state index contributed by atoms with van der Waals surface area (Å²) in [5, 5.41) is 3.49. The van der Waals surface area contributed by atoms with E-state index in [0.717, 1.165) is 12.0 Å². The number of carbonyl (C=O) groups excluding carboxylic acids is 1. The van der Waals surface area contributed by atoms with E-state index in [-0.39, 0.29) is 11.9 Å². The molecule has 0 radical (unpaired) electrons. The van der Waals surface area contributed by atoms with Crippen LogP contribution in [0.15, 0.2) is 18.2 Å². The number of terminal acetylenes is 1. The van der Waals surface area contributed by atoms with Crippen LogP contribution in [-0.2, 0) is 0 Å². The van der Waals surface area contributed by atoms with Crippen molar-refractivity contribution >= 4 is 17.5 Å². The Bertz CT molecular complexity index is 448. The van der Waals surface area contributed by atoms with E-state index >= 15 is 0 Å². The van der Waals surface area contributed by atoms with E-state index in [4.69, 9.17) is 18.0 Å². The van der Waals surface area contributed by atoms with Crippen LogP contribution >= 0.6 is 11.6 Å². The SMILES string of the molecule is C#CCC(CC)NC(=O)c1ccc(C)c(Cl)c1. The predicted molar refractivity (Wildman–Crippen MR) is 71.2 cm³/mol. The van der Waals surface area contributed by atoms with Gasteiger partial charge in [0.25, 0.3) is 5.91 Å². The van der Waals surface area contributed by atoms with Gasteiger partial charge in [-0.15, -0.1) is 12.3 Å². The van der Waals surface area contributed by atoms with Crippen LogP contribution in [0.1, 0.15) is 35.7 Å². The number of halogens is 1. The molecule has 1 aromatic rings. The van der Waals surface area contributed by atoms with Crippen LogP contribution in [0.2, 0.25) is 5.02 Å². The minimum absolute atomic E-state index is 0.0209. The number of hydrogen-bond donors (Lipinski definition) is 1. The van der Waals surface area contributed by atoms with Gasteiger partial charge >= 0.3 is 0 Å². The first-order valence-electron chi connectivity index (χ1n) is 5.59. The van der Waals surface area contributed by atoms with Crippen molar-refractivity contribution in [3.05, 3.63) is 34.3 Å². The maximum Gasteiger partial charge on any atom is 0.251 e. The highest BCUT2D eigenvalue weighted by Crippen LogP contribution is 2.16. The monoisotopic (exact) mass is 249 g/mol. The van der Waals surface area contributed by atoms with Crippen LogP contribution in [-0.4, -0.2) is 11.9 Å². The molecule has 0 heterocycles. The van der Waals surface area contributed by atoms with E-state index < -0.39 is 0 Å². The van der Waals surface area contributed by atoms with E-state index in [0.29, 0.717) is 17.0 Å². The third-order valence-electron chi connectivity index (χ3n) is 2.63. The van der Waals surface area contributed by atoms with Crippen LogP contribution < -0.4 is 5.32 Å². The second-order valence-electron chi connectivity index (χ2n) is 3.95. The molecular formula is C14H16ClNO. The lowest BCUT2D eigenvalue weighted by Crippen LogP contribution is -2.34. The summed E-state index contributed by atoms with van der Waals surface area (Å²) >= 11 is 5.98. The van der Waals surface area contributed by atoms with Gasteiger partial charge in [-0.2, -0.15) is 0 Å². The van der Waals surface area contributed by atoms with Gasteiger partial charge in [-0.1, -0.05) is 24.6 Å². The zero-order valence-corrected chi connectivity index (χ0v) is 10.8. The molecule has 0 bridgehead atoms. The van der Waals surface area contributed by atoms with Gasteiger partial charge in [0.05, 0.1) is 0 Å². The van der Waals surface area contributed by atoms with Crippen LogP contribution in [0.3, 0.4) is 0 Å². The van der Waals surface area contributed by atoms with Gasteiger partial charge in [0.1, 0.15) is 0 Å². The Morgan fingerprint density at radius 2 is 2.29 bits per heavy atom. The quantitative estimate of drug-likeness (QED) is 0.816. The van der Waals surface area contributed by atoms with Crippen molar-refractivity contribution in [3.63, 3.8) is 0 Å². The number of hydrogen-bond acceptors (Lipinski definition) is 1. The molecule has 1 unspecified atom stereocenters. The fourth-order valence-corrected chi connectivity index (χ4v) is 1.62. The Morgan fingerprint density at radius 3 is 2.82 bits per heavy atom. The lowest BCUT2D eigenvalue weighted by Gasteiger charge is -2.14. The van der Waals surface area contributed by atoms with Crippen molar-refractivity contribution in [1.29, 1.82) is 0 Å². The highest BCUT2D eigenvalue weighted by molar-refractivity contribution is 6.31. The lowest BCUT2D eigenvalue weighted by atomic mass is 10.1. The van der Waals surface area contributed by atoms with E-state index in [1.54, 1.807) is 12.1 Å². The number of carbonyl (C=O) groups is 1. The molecule has 2 nitrogen and oxygen atoms in total. The molecule has 0 saturated carbocycles. The minimum Gasteiger partial charge on any atom is -0.348 e. The Labute approximate surface area is 107 Å². The summed E-state index contributed by atoms with van der Waals surface area (Å²) in [5.74, 6) is 2.42. The summed E-state index contributed by atoms with van der Waals surface area (Å²) in [6.07, 6.45) is 6.60. The molecule has 1 amide bonds. The predicted octanol–water partition coefficient (Wildman–Crippen LogP) is 3.18. The van der Waals surface area contributed by atoms with E-state index in [1.165, 1.54) is 0 Å². The molecule has 0 aliphatic heterocycles. The molecule has 0 saturated heterocycles. The van der Waals surface area contributed by atoms with Gasteiger partial charge in [0, 0.05) is 23.0 Å². The lowest BCUT2D eigenvalue weighted by molar-refractivity contribution is 0.0936. The molecule has 0 aliphatic carbocycles. The highest BCUT2D eigenvalue weighted by Gasteiger charge is 2.11. The van der Waals surface area contributed by atoms with Crippen LogP contribution in [0, 0.1) is 19.3 Å². The zero-order chi connectivity index (χ0) is 12.8. The molecular weight excluding hydrogens is 234 g/mol. The first kappa shape index (κ1) is 13.6. The van der Waals surface area contributed by atoms with Crippen molar-refractivity contribution in [1.82, 2.24) is 5.32 Å². The van der Waals surface area contributed by atoms with Crippen molar-refractivity contribution in [2.45, 2.75) is 32.7 Å². The van der Waals surface area contributed by atoms with Crippen LogP contribution in [0.25, 0.3) is 0 Å². The number of benzene rings is 1. The molecule has 3 heteroatoms. The van der Waals surface area contributed by atoms with E-state index in [2.05, 4.69) is 11.2 Å². The topological polar surface area (TPSA) is 29.1 Å². The van der Waals surface area contributed by atoms with Gasteiger partial charge in [-0.25, -0.2) is 0 Å². The first-order chi connectivity index (χ1) is 8.08. The standard InChI is InChI=1S/C14H16ClNO/c1-4-6-12(5-2)16-14(17)11-8-7-10(3)13(15)9-11/h1,7-9,12H,5-6H2,2-3H3,(H,16,17). The average molecular weight is 250 g/mol. The smallest absolute Gasteiger partial charge is 0.251 e. The van der Waals surface area contributed by atoms with E-state index in [9.17, 15) is 4.79 Å². The number of nitrogens with one attached hydrogen (secondary N) is 1. The normalized spacial score (nSPS) is 11.6. The first-order valence-corrected chi connectivity index (χ1v) is 5.96. The molecule has 17 heavy (non-hydrogen) atoms. The van der Waals surface area contributed by atoms with Crippen molar-refractivity contribution in [2.24, 2.45) is 0 Å². The Morgan fingerprint density at radius 1 is 1.59 bits per heavy atom. The largest absolute Gasteiger partial charge is 0.348 e. The van der Waals surface area contributed by atoms with Gasteiger partial charge < -0.3 is 5.32 Å². The number of amides is 1. The average Bonchev–Trinajstić information content (AvgIpc) is 2.31. The number of aryl methyl sites for hydroxylation is 1. The molecule has 0 fully saturated rings. The van der Waals surface area contributed by atoms with Gasteiger partial charge in [-0.05, 0) is 31.0 Å². The second kappa shape index (κ2) is 6.32. The Hall–Kier alpha value is -1.46. The van der Waals surface area contributed by atoms with Gasteiger partial charge in [0.15, 0.2) is 0 Å². The van der Waals surface area contributed by atoms with Crippen molar-refractivity contribution in [3.8, 4) is 12.3 Å². The third-order valence-corrected chi connectivity index (χ3v) is 3.03. The fraction of sp³-hybridized carbons (Fsp3) is 0.357. The summed E-state index contributed by atoms with van der Waals surface area (Å²) < 4.78 is 0. The second-order valence-corrected chi connectivity index (χ2v) is 4.36. The number of rotatable bonds is 4. The molecule has 0 spiro atoms. The highest BCUT2D eigenvalue weighted by atomic mass is 35.5. The van der Waals surface area contributed by atoms with Gasteiger partial charge in [-0.3, -0.25) is 4.79 Å². The van der Waals surface area contributed by atoms with Gasteiger partial charge in [0.2, 0.25) is 0 Å². The molecule has 1 rings (SSSR count). The Kier molecular flexibility index (Phi) is 5.06. The third kappa shape index (κ3) is 3.80. The zero-order valence-electron chi connectivity index (χ0n) is 10.1. The van der Waals surface area contributed by atoms with Crippen LogP contribution in [0.5, 0.6) is 0 Å². The van der Waals surface area contributed by atoms with E-state index in [1.807, 2.05) is 19.9 Å². The molecule has 1 aromatic carbocycles. The summed E-state index contributed by atoms with van der Waals surface area (Å²) in [5.41, 5.74) is 1.52. The summed E-state index contributed by atoms with van der Waals surface area (Å²) in [7, 11) is 0. The molecule has 1 N–H and O–H groups in total. The molecule has 0 aliphatic rings. The van der Waals surface area contributed by atoms with Crippen LogP contribution in [0.4, 0.5) is 0 Å². The molecule has 90 valence electrons. The van der Waals surface area contributed by atoms with Crippen molar-refractivity contribution in [2.75, 3.05) is 0 Å². The molecule has 1 atom stereocenters.